The van der Waals surface area contributed by atoms with Gasteiger partial charge in [-0.25, -0.2) is 4.39 Å². The lowest BCUT2D eigenvalue weighted by atomic mass is 10.0. The first-order valence-electron chi connectivity index (χ1n) is 5.83. The zero-order valence-electron chi connectivity index (χ0n) is 10.1. The summed E-state index contributed by atoms with van der Waals surface area (Å²) in [6.45, 7) is 0. The molecule has 0 aliphatic heterocycles. The zero-order chi connectivity index (χ0) is 14.3. The second kappa shape index (κ2) is 5.14. The van der Waals surface area contributed by atoms with Crippen molar-refractivity contribution in [3.63, 3.8) is 0 Å². The van der Waals surface area contributed by atoms with Crippen molar-refractivity contribution in [1.82, 2.24) is 4.98 Å². The predicted octanol–water partition coefficient (Wildman–Crippen LogP) is 5.06. The highest BCUT2D eigenvalue weighted by atomic mass is 79.9. The zero-order valence-corrected chi connectivity index (χ0v) is 13.3. The van der Waals surface area contributed by atoms with Crippen LogP contribution in [0.4, 0.5) is 4.39 Å². The number of rotatable bonds is 2. The number of fused-ring (bicyclic) bond motifs is 1. The fourth-order valence-corrected chi connectivity index (χ4v) is 3.08. The smallest absolute Gasteiger partial charge is 0.198 e. The predicted molar refractivity (Wildman–Crippen MR) is 83.5 cm³/mol. The fraction of sp³-hybridized carbons (Fsp3) is 0. The minimum Gasteiger partial charge on any atom is -0.360 e. The number of carbonyl (C=O) groups is 1. The third-order valence-electron chi connectivity index (χ3n) is 3.07. The van der Waals surface area contributed by atoms with Gasteiger partial charge in [-0.15, -0.1) is 0 Å². The Kier molecular flexibility index (Phi) is 3.48. The lowest BCUT2D eigenvalue weighted by Gasteiger charge is -2.03. The van der Waals surface area contributed by atoms with Crippen LogP contribution in [0.15, 0.2) is 51.5 Å². The van der Waals surface area contributed by atoms with Crippen LogP contribution >= 0.6 is 31.9 Å². The first-order valence-corrected chi connectivity index (χ1v) is 7.42. The van der Waals surface area contributed by atoms with Gasteiger partial charge in [0.15, 0.2) is 5.78 Å². The first kappa shape index (κ1) is 13.5. The number of aromatic nitrogens is 1. The number of halogens is 3. The van der Waals surface area contributed by atoms with Crippen molar-refractivity contribution in [3.05, 3.63) is 68.5 Å². The molecule has 3 rings (SSSR count). The summed E-state index contributed by atoms with van der Waals surface area (Å²) >= 11 is 6.68. The average molecular weight is 397 g/mol. The van der Waals surface area contributed by atoms with Gasteiger partial charge in [-0.3, -0.25) is 4.79 Å². The Bertz CT molecular complexity index is 826. The van der Waals surface area contributed by atoms with Gasteiger partial charge in [-0.1, -0.05) is 37.9 Å². The van der Waals surface area contributed by atoms with E-state index in [1.807, 2.05) is 18.2 Å². The number of hydrogen-bond acceptors (Lipinski definition) is 1. The van der Waals surface area contributed by atoms with Crippen LogP contribution < -0.4 is 0 Å². The summed E-state index contributed by atoms with van der Waals surface area (Å²) in [5, 5.41) is 0.761. The quantitative estimate of drug-likeness (QED) is 0.603. The van der Waals surface area contributed by atoms with E-state index in [0.29, 0.717) is 10.0 Å². The molecule has 0 saturated carbocycles. The highest BCUT2D eigenvalue weighted by molar-refractivity contribution is 9.11. The van der Waals surface area contributed by atoms with Crippen LogP contribution in [0.3, 0.4) is 0 Å². The number of aromatic amines is 1. The molecule has 2 aromatic carbocycles. The van der Waals surface area contributed by atoms with Crippen molar-refractivity contribution < 1.29 is 9.18 Å². The lowest BCUT2D eigenvalue weighted by molar-refractivity contribution is 0.103. The van der Waals surface area contributed by atoms with Crippen LogP contribution in [0.5, 0.6) is 0 Å². The van der Waals surface area contributed by atoms with E-state index in [0.717, 1.165) is 15.4 Å². The van der Waals surface area contributed by atoms with Crippen LogP contribution in [0.25, 0.3) is 10.9 Å². The minimum atomic E-state index is -0.528. The lowest BCUT2D eigenvalue weighted by Crippen LogP contribution is -2.03. The molecule has 0 aliphatic carbocycles. The van der Waals surface area contributed by atoms with E-state index in [9.17, 15) is 9.18 Å². The highest BCUT2D eigenvalue weighted by Crippen LogP contribution is 2.29. The standard InChI is InChI=1S/C15H8Br2FNO/c16-8-4-5-12(18)9(6-8)15(20)10-7-19-13-3-1-2-11(17)14(10)13/h1-7,19H. The normalized spacial score (nSPS) is 10.9. The summed E-state index contributed by atoms with van der Waals surface area (Å²) in [6, 6.07) is 9.93. The molecular formula is C15H8Br2FNO. The second-order valence-electron chi connectivity index (χ2n) is 4.32. The van der Waals surface area contributed by atoms with Gasteiger partial charge in [0.1, 0.15) is 5.82 Å². The third-order valence-corrected chi connectivity index (χ3v) is 4.23. The molecular weight excluding hydrogens is 389 g/mol. The number of nitrogens with one attached hydrogen (secondary N) is 1. The Labute approximate surface area is 131 Å². The first-order chi connectivity index (χ1) is 9.58. The molecule has 0 fully saturated rings. The summed E-state index contributed by atoms with van der Waals surface area (Å²) in [6.07, 6.45) is 1.61. The maximum Gasteiger partial charge on any atom is 0.198 e. The summed E-state index contributed by atoms with van der Waals surface area (Å²) in [4.78, 5) is 15.6. The molecule has 0 unspecified atom stereocenters. The van der Waals surface area contributed by atoms with Crippen LogP contribution in [0, 0.1) is 5.82 Å². The van der Waals surface area contributed by atoms with Crippen LogP contribution in [-0.2, 0) is 0 Å². The largest absolute Gasteiger partial charge is 0.360 e. The average Bonchev–Trinajstić information content (AvgIpc) is 2.86. The van der Waals surface area contributed by atoms with Crippen LogP contribution in [-0.4, -0.2) is 10.8 Å². The van der Waals surface area contributed by atoms with E-state index in [1.54, 1.807) is 12.3 Å². The van der Waals surface area contributed by atoms with Crippen molar-refractivity contribution in [2.24, 2.45) is 0 Å². The van der Waals surface area contributed by atoms with Gasteiger partial charge in [0, 0.05) is 31.6 Å². The van der Waals surface area contributed by atoms with E-state index in [4.69, 9.17) is 0 Å². The molecule has 2 nitrogen and oxygen atoms in total. The number of H-pyrrole nitrogens is 1. The Morgan fingerprint density at radius 3 is 2.70 bits per heavy atom. The molecule has 100 valence electrons. The molecule has 0 radical (unpaired) electrons. The monoisotopic (exact) mass is 395 g/mol. The number of hydrogen-bond donors (Lipinski definition) is 1. The van der Waals surface area contributed by atoms with Gasteiger partial charge >= 0.3 is 0 Å². The van der Waals surface area contributed by atoms with Crippen molar-refractivity contribution in [2.45, 2.75) is 0 Å². The topological polar surface area (TPSA) is 32.9 Å². The Balaban J connectivity index is 2.21. The molecule has 0 amide bonds. The van der Waals surface area contributed by atoms with E-state index >= 15 is 0 Å². The van der Waals surface area contributed by atoms with Crippen molar-refractivity contribution in [1.29, 1.82) is 0 Å². The minimum absolute atomic E-state index is 0.0519. The molecule has 1 heterocycles. The van der Waals surface area contributed by atoms with Crippen molar-refractivity contribution in [3.8, 4) is 0 Å². The molecule has 0 aliphatic rings. The van der Waals surface area contributed by atoms with E-state index in [2.05, 4.69) is 36.8 Å². The van der Waals surface area contributed by atoms with E-state index in [1.165, 1.54) is 12.1 Å². The van der Waals surface area contributed by atoms with Crippen LogP contribution in [0.2, 0.25) is 0 Å². The SMILES string of the molecule is O=C(c1cc(Br)ccc1F)c1c[nH]c2cccc(Br)c12. The van der Waals surface area contributed by atoms with Crippen LogP contribution in [0.1, 0.15) is 15.9 Å². The third kappa shape index (κ3) is 2.21. The summed E-state index contributed by atoms with van der Waals surface area (Å²) < 4.78 is 15.3. The highest BCUT2D eigenvalue weighted by Gasteiger charge is 2.19. The summed E-state index contributed by atoms with van der Waals surface area (Å²) in [7, 11) is 0. The molecule has 1 N–H and O–H groups in total. The molecule has 3 aromatic rings. The Morgan fingerprint density at radius 2 is 1.90 bits per heavy atom. The Morgan fingerprint density at radius 1 is 1.10 bits per heavy atom. The van der Waals surface area contributed by atoms with Gasteiger partial charge in [-0.2, -0.15) is 0 Å². The van der Waals surface area contributed by atoms with Crippen molar-refractivity contribution >= 4 is 48.5 Å². The Hall–Kier alpha value is -1.46. The summed E-state index contributed by atoms with van der Waals surface area (Å²) in [5.41, 5.74) is 1.33. The van der Waals surface area contributed by atoms with E-state index in [-0.39, 0.29) is 11.3 Å². The van der Waals surface area contributed by atoms with Gasteiger partial charge in [0.25, 0.3) is 0 Å². The van der Waals surface area contributed by atoms with Gasteiger partial charge in [0.2, 0.25) is 0 Å². The molecule has 0 spiro atoms. The van der Waals surface area contributed by atoms with Crippen molar-refractivity contribution in [2.75, 3.05) is 0 Å². The maximum atomic E-state index is 13.8. The fourth-order valence-electron chi connectivity index (χ4n) is 2.14. The second-order valence-corrected chi connectivity index (χ2v) is 6.09. The van der Waals surface area contributed by atoms with Gasteiger partial charge in [0.05, 0.1) is 5.56 Å². The van der Waals surface area contributed by atoms with E-state index < -0.39 is 5.82 Å². The molecule has 0 bridgehead atoms. The molecule has 1 aromatic heterocycles. The number of carbonyl (C=O) groups excluding carboxylic acids is 1. The van der Waals surface area contributed by atoms with Gasteiger partial charge in [-0.05, 0) is 30.3 Å². The number of ketones is 1. The van der Waals surface area contributed by atoms with Gasteiger partial charge < -0.3 is 4.98 Å². The molecule has 20 heavy (non-hydrogen) atoms. The molecule has 0 atom stereocenters. The molecule has 0 saturated heterocycles. The molecule has 5 heteroatoms. The summed E-state index contributed by atoms with van der Waals surface area (Å²) in [5.74, 6) is -0.874. The maximum absolute atomic E-state index is 13.8. The number of benzene rings is 2.